The number of aromatic nitrogens is 2. The van der Waals surface area contributed by atoms with Crippen molar-refractivity contribution in [1.29, 1.82) is 0 Å². The Morgan fingerprint density at radius 2 is 1.70 bits per heavy atom. The number of carbonyl (C=O) groups is 1. The lowest BCUT2D eigenvalue weighted by atomic mass is 10.1. The maximum atomic E-state index is 12.9. The molecule has 7 heteroatoms. The van der Waals surface area contributed by atoms with Crippen molar-refractivity contribution in [3.05, 3.63) is 88.7 Å². The molecule has 4 aromatic rings. The highest BCUT2D eigenvalue weighted by atomic mass is 16.3. The Labute approximate surface area is 173 Å². The van der Waals surface area contributed by atoms with Crippen molar-refractivity contribution in [1.82, 2.24) is 19.4 Å². The second kappa shape index (κ2) is 7.68. The van der Waals surface area contributed by atoms with Gasteiger partial charge in [0.1, 0.15) is 5.76 Å². The standard InChI is InChI=1S/C23H22N4O3/c28-22(26-13-11-25(12-14-26)16-19-4-3-15-30-19)17-7-9-18(10-8-17)27-21-6-2-1-5-20(21)24-23(27)29/h1-10,15H,11-14,16H2,(H,24,29). The third-order valence-electron chi connectivity index (χ3n) is 5.58. The molecule has 0 spiro atoms. The monoisotopic (exact) mass is 402 g/mol. The van der Waals surface area contributed by atoms with E-state index in [0.717, 1.165) is 42.1 Å². The van der Waals surface area contributed by atoms with Gasteiger partial charge in [0.15, 0.2) is 0 Å². The molecular formula is C23H22N4O3. The van der Waals surface area contributed by atoms with Gasteiger partial charge in [-0.2, -0.15) is 0 Å². The SMILES string of the molecule is O=C(c1ccc(-n2c(=O)[nH]c3ccccc32)cc1)N1CCN(Cc2ccco2)CC1. The van der Waals surface area contributed by atoms with Gasteiger partial charge in [0.2, 0.25) is 0 Å². The molecule has 2 aromatic carbocycles. The van der Waals surface area contributed by atoms with Crippen molar-refractivity contribution in [2.24, 2.45) is 0 Å². The van der Waals surface area contributed by atoms with E-state index >= 15 is 0 Å². The van der Waals surface area contributed by atoms with E-state index in [9.17, 15) is 9.59 Å². The number of fused-ring (bicyclic) bond motifs is 1. The van der Waals surface area contributed by atoms with Gasteiger partial charge in [0.05, 0.1) is 29.5 Å². The molecule has 0 aliphatic carbocycles. The lowest BCUT2D eigenvalue weighted by Gasteiger charge is -2.34. The van der Waals surface area contributed by atoms with Crippen LogP contribution in [0.3, 0.4) is 0 Å². The number of piperazine rings is 1. The molecular weight excluding hydrogens is 380 g/mol. The lowest BCUT2D eigenvalue weighted by Crippen LogP contribution is -2.48. The highest BCUT2D eigenvalue weighted by Crippen LogP contribution is 2.17. The molecule has 0 atom stereocenters. The van der Waals surface area contributed by atoms with Crippen molar-refractivity contribution < 1.29 is 9.21 Å². The minimum Gasteiger partial charge on any atom is -0.468 e. The summed E-state index contributed by atoms with van der Waals surface area (Å²) < 4.78 is 7.03. The average molecular weight is 402 g/mol. The van der Waals surface area contributed by atoms with E-state index in [1.807, 2.05) is 53.4 Å². The fourth-order valence-electron chi connectivity index (χ4n) is 3.98. The van der Waals surface area contributed by atoms with Gasteiger partial charge in [-0.1, -0.05) is 12.1 Å². The molecule has 1 saturated heterocycles. The molecule has 0 bridgehead atoms. The molecule has 30 heavy (non-hydrogen) atoms. The van der Waals surface area contributed by atoms with Gasteiger partial charge in [-0.15, -0.1) is 0 Å². The van der Waals surface area contributed by atoms with E-state index < -0.39 is 0 Å². The Bertz CT molecular complexity index is 1210. The second-order valence-electron chi connectivity index (χ2n) is 7.48. The average Bonchev–Trinajstić information content (AvgIpc) is 3.40. The molecule has 1 aliphatic rings. The number of nitrogens with one attached hydrogen (secondary N) is 1. The summed E-state index contributed by atoms with van der Waals surface area (Å²) in [6.45, 7) is 3.76. The first-order valence-corrected chi connectivity index (χ1v) is 10.0. The molecule has 0 radical (unpaired) electrons. The molecule has 1 amide bonds. The highest BCUT2D eigenvalue weighted by Gasteiger charge is 2.22. The molecule has 7 nitrogen and oxygen atoms in total. The van der Waals surface area contributed by atoms with Crippen LogP contribution in [0.5, 0.6) is 0 Å². The van der Waals surface area contributed by atoms with Crippen molar-refractivity contribution in [2.75, 3.05) is 26.2 Å². The van der Waals surface area contributed by atoms with Crippen molar-refractivity contribution in [2.45, 2.75) is 6.54 Å². The number of carbonyl (C=O) groups excluding carboxylic acids is 1. The van der Waals surface area contributed by atoms with E-state index in [2.05, 4.69) is 9.88 Å². The summed E-state index contributed by atoms with van der Waals surface area (Å²) in [5, 5.41) is 0. The summed E-state index contributed by atoms with van der Waals surface area (Å²) >= 11 is 0. The molecule has 1 aliphatic heterocycles. The zero-order chi connectivity index (χ0) is 20.5. The third kappa shape index (κ3) is 3.44. The maximum Gasteiger partial charge on any atom is 0.331 e. The van der Waals surface area contributed by atoms with E-state index in [4.69, 9.17) is 4.42 Å². The summed E-state index contributed by atoms with van der Waals surface area (Å²) in [4.78, 5) is 32.3. The van der Waals surface area contributed by atoms with Crippen molar-refractivity contribution in [3.8, 4) is 5.69 Å². The van der Waals surface area contributed by atoms with Crippen LogP contribution in [0.1, 0.15) is 16.1 Å². The molecule has 3 heterocycles. The quantitative estimate of drug-likeness (QED) is 0.570. The maximum absolute atomic E-state index is 12.9. The van der Waals surface area contributed by atoms with Gasteiger partial charge in [-0.25, -0.2) is 4.79 Å². The number of rotatable bonds is 4. The summed E-state index contributed by atoms with van der Waals surface area (Å²) in [5.74, 6) is 0.961. The lowest BCUT2D eigenvalue weighted by molar-refractivity contribution is 0.0620. The summed E-state index contributed by atoms with van der Waals surface area (Å²) in [6.07, 6.45) is 1.68. The summed E-state index contributed by atoms with van der Waals surface area (Å²) in [6, 6.07) is 18.6. The molecule has 5 rings (SSSR count). The van der Waals surface area contributed by atoms with Crippen LogP contribution in [0.2, 0.25) is 0 Å². The third-order valence-corrected chi connectivity index (χ3v) is 5.58. The van der Waals surface area contributed by atoms with Gasteiger partial charge in [-0.05, 0) is 48.5 Å². The number of para-hydroxylation sites is 2. The fraction of sp³-hybridized carbons (Fsp3) is 0.217. The van der Waals surface area contributed by atoms with Crippen LogP contribution < -0.4 is 5.69 Å². The van der Waals surface area contributed by atoms with Crippen LogP contribution >= 0.6 is 0 Å². The second-order valence-corrected chi connectivity index (χ2v) is 7.48. The zero-order valence-corrected chi connectivity index (χ0v) is 16.5. The first-order chi connectivity index (χ1) is 14.7. The Morgan fingerprint density at radius 3 is 2.43 bits per heavy atom. The highest BCUT2D eigenvalue weighted by molar-refractivity contribution is 5.94. The first kappa shape index (κ1) is 18.4. The van der Waals surface area contributed by atoms with Crippen LogP contribution in [0.4, 0.5) is 0 Å². The van der Waals surface area contributed by atoms with Gasteiger partial charge in [-0.3, -0.25) is 14.3 Å². The smallest absolute Gasteiger partial charge is 0.331 e. The number of hydrogen-bond donors (Lipinski definition) is 1. The number of H-pyrrole nitrogens is 1. The van der Waals surface area contributed by atoms with E-state index in [-0.39, 0.29) is 11.6 Å². The molecule has 2 aromatic heterocycles. The molecule has 152 valence electrons. The van der Waals surface area contributed by atoms with Gasteiger partial charge < -0.3 is 14.3 Å². The number of nitrogens with zero attached hydrogens (tertiary/aromatic N) is 3. The number of imidazole rings is 1. The summed E-state index contributed by atoms with van der Waals surface area (Å²) in [5.41, 5.74) is 2.77. The van der Waals surface area contributed by atoms with Crippen LogP contribution in [-0.4, -0.2) is 51.4 Å². The van der Waals surface area contributed by atoms with E-state index in [1.165, 1.54) is 0 Å². The fourth-order valence-corrected chi connectivity index (χ4v) is 3.98. The van der Waals surface area contributed by atoms with Crippen LogP contribution in [0, 0.1) is 0 Å². The molecule has 0 unspecified atom stereocenters. The van der Waals surface area contributed by atoms with Crippen molar-refractivity contribution >= 4 is 16.9 Å². The normalized spacial score (nSPS) is 15.0. The first-order valence-electron chi connectivity index (χ1n) is 10.0. The molecule has 1 N–H and O–H groups in total. The minimum atomic E-state index is -0.192. The van der Waals surface area contributed by atoms with Gasteiger partial charge in [0.25, 0.3) is 5.91 Å². The number of aromatic amines is 1. The summed E-state index contributed by atoms with van der Waals surface area (Å²) in [7, 11) is 0. The van der Waals surface area contributed by atoms with Crippen LogP contribution in [0.15, 0.2) is 76.1 Å². The minimum absolute atomic E-state index is 0.0190. The predicted molar refractivity (Wildman–Crippen MR) is 114 cm³/mol. The van der Waals surface area contributed by atoms with Crippen LogP contribution in [-0.2, 0) is 6.54 Å². The Hall–Kier alpha value is -3.58. The number of benzene rings is 2. The Morgan fingerprint density at radius 1 is 0.933 bits per heavy atom. The van der Waals surface area contributed by atoms with Gasteiger partial charge in [0, 0.05) is 31.7 Å². The van der Waals surface area contributed by atoms with Gasteiger partial charge >= 0.3 is 5.69 Å². The van der Waals surface area contributed by atoms with Crippen molar-refractivity contribution in [3.63, 3.8) is 0 Å². The largest absolute Gasteiger partial charge is 0.468 e. The predicted octanol–water partition coefficient (Wildman–Crippen LogP) is 2.87. The van der Waals surface area contributed by atoms with Crippen LogP contribution in [0.25, 0.3) is 16.7 Å². The van der Waals surface area contributed by atoms with E-state index in [0.29, 0.717) is 18.7 Å². The molecule has 0 saturated carbocycles. The Balaban J connectivity index is 1.28. The number of amides is 1. The van der Waals surface area contributed by atoms with E-state index in [1.54, 1.807) is 23.0 Å². The number of furan rings is 1. The topological polar surface area (TPSA) is 74.5 Å². The Kier molecular flexibility index (Phi) is 4.72. The number of hydrogen-bond acceptors (Lipinski definition) is 4. The zero-order valence-electron chi connectivity index (χ0n) is 16.5. The molecule has 1 fully saturated rings.